The summed E-state index contributed by atoms with van der Waals surface area (Å²) in [5.41, 5.74) is 6.38. The molecular weight excluding hydrogens is 242 g/mol. The van der Waals surface area contributed by atoms with Crippen molar-refractivity contribution in [3.8, 4) is 5.75 Å². The molecule has 1 aliphatic heterocycles. The number of benzene rings is 1. The third-order valence-corrected chi connectivity index (χ3v) is 3.41. The van der Waals surface area contributed by atoms with Gasteiger partial charge in [0.25, 0.3) is 5.84 Å². The molecule has 0 radical (unpaired) electrons. The summed E-state index contributed by atoms with van der Waals surface area (Å²) in [7, 11) is -3.51. The summed E-state index contributed by atoms with van der Waals surface area (Å²) in [5, 5.41) is 0. The fourth-order valence-electron chi connectivity index (χ4n) is 1.63. The summed E-state index contributed by atoms with van der Waals surface area (Å²) < 4.78 is 32.4. The van der Waals surface area contributed by atoms with Crippen molar-refractivity contribution in [1.29, 1.82) is 0 Å². The Bertz CT molecular complexity index is 536. The lowest BCUT2D eigenvalue weighted by molar-refractivity contribution is -0.265. The molecule has 0 saturated carbocycles. The highest BCUT2D eigenvalue weighted by atomic mass is 32.2. The lowest BCUT2D eigenvalue weighted by Gasteiger charge is -2.08. The first-order valence-electron chi connectivity index (χ1n) is 5.17. The van der Waals surface area contributed by atoms with Gasteiger partial charge >= 0.3 is 10.2 Å². The van der Waals surface area contributed by atoms with E-state index in [4.69, 9.17) is 10.5 Å². The average molecular weight is 256 g/mol. The van der Waals surface area contributed by atoms with Crippen molar-refractivity contribution in [1.82, 2.24) is 4.72 Å². The zero-order valence-electron chi connectivity index (χ0n) is 9.30. The van der Waals surface area contributed by atoms with E-state index in [1.807, 2.05) is 6.92 Å². The third-order valence-electron chi connectivity index (χ3n) is 2.36. The number of ether oxygens (including phenoxy) is 1. The molecule has 0 fully saturated rings. The van der Waals surface area contributed by atoms with Gasteiger partial charge in [-0.05, 0) is 24.6 Å². The fraction of sp³-hybridized carbons (Fsp3) is 0.300. The second-order valence-corrected chi connectivity index (χ2v) is 5.06. The quantitative estimate of drug-likeness (QED) is 0.608. The van der Waals surface area contributed by atoms with Crippen LogP contribution in [0.25, 0.3) is 0 Å². The number of rotatable bonds is 3. The minimum Gasteiger partial charge on any atom is -0.494 e. The van der Waals surface area contributed by atoms with Gasteiger partial charge in [-0.1, -0.05) is 12.1 Å². The highest BCUT2D eigenvalue weighted by molar-refractivity contribution is 7.83. The molecule has 1 heterocycles. The Morgan fingerprint density at radius 3 is 2.53 bits per heavy atom. The lowest BCUT2D eigenvalue weighted by atomic mass is 10.1. The van der Waals surface area contributed by atoms with E-state index in [2.05, 4.69) is 9.12 Å². The Labute approximate surface area is 99.7 Å². The normalized spacial score (nSPS) is 22.2. The molecule has 0 saturated heterocycles. The Kier molecular flexibility index (Phi) is 3.03. The van der Waals surface area contributed by atoms with Gasteiger partial charge in [0.2, 0.25) is 0 Å². The van der Waals surface area contributed by atoms with Gasteiger partial charge in [0, 0.05) is 0 Å². The highest BCUT2D eigenvalue weighted by Gasteiger charge is 2.34. The summed E-state index contributed by atoms with van der Waals surface area (Å²) in [5.74, 6) is 0.915. The summed E-state index contributed by atoms with van der Waals surface area (Å²) >= 11 is 0. The van der Waals surface area contributed by atoms with Crippen molar-refractivity contribution in [3.63, 3.8) is 0 Å². The molecule has 2 rings (SSSR count). The van der Waals surface area contributed by atoms with E-state index in [1.165, 1.54) is 0 Å². The number of nitrogens with one attached hydrogen (secondary N) is 2. The maximum atomic E-state index is 11.2. The molecule has 4 N–H and O–H groups in total. The van der Waals surface area contributed by atoms with Crippen LogP contribution in [0.3, 0.4) is 0 Å². The molecule has 0 unspecified atom stereocenters. The Morgan fingerprint density at radius 2 is 2.06 bits per heavy atom. The second-order valence-electron chi connectivity index (χ2n) is 3.61. The third kappa shape index (κ3) is 2.56. The molecule has 1 aromatic rings. The molecule has 0 spiro atoms. The van der Waals surface area contributed by atoms with Gasteiger partial charge in [0.15, 0.2) is 6.04 Å². The van der Waals surface area contributed by atoms with Gasteiger partial charge in [-0.2, -0.15) is 17.5 Å². The van der Waals surface area contributed by atoms with Crippen LogP contribution >= 0.6 is 0 Å². The van der Waals surface area contributed by atoms with Crippen molar-refractivity contribution in [2.24, 2.45) is 5.73 Å². The fourth-order valence-corrected chi connectivity index (χ4v) is 2.69. The number of amidine groups is 1. The maximum Gasteiger partial charge on any atom is 0.371 e. The molecule has 92 valence electrons. The minimum atomic E-state index is -3.51. The molecular formula is C10H14N3O3S+. The predicted octanol–water partition coefficient (Wildman–Crippen LogP) is -1.59. The first kappa shape index (κ1) is 11.9. The highest BCUT2D eigenvalue weighted by Crippen LogP contribution is 2.18. The molecule has 0 aromatic heterocycles. The molecule has 17 heavy (non-hydrogen) atoms. The van der Waals surface area contributed by atoms with Crippen LogP contribution in [0.2, 0.25) is 0 Å². The first-order chi connectivity index (χ1) is 8.02. The monoisotopic (exact) mass is 256 g/mol. The maximum absolute atomic E-state index is 11.2. The van der Waals surface area contributed by atoms with Crippen molar-refractivity contribution >= 4 is 16.0 Å². The van der Waals surface area contributed by atoms with Crippen LogP contribution in [0.15, 0.2) is 24.3 Å². The van der Waals surface area contributed by atoms with E-state index >= 15 is 0 Å². The molecule has 0 aliphatic carbocycles. The van der Waals surface area contributed by atoms with Gasteiger partial charge in [-0.25, -0.2) is 0 Å². The largest absolute Gasteiger partial charge is 0.494 e. The second kappa shape index (κ2) is 4.34. The Balaban J connectivity index is 2.22. The SMILES string of the molecule is CCOc1ccc([C@H]2NS(=O)(=O)[NH+]=C2N)cc1. The summed E-state index contributed by atoms with van der Waals surface area (Å²) in [4.78, 5) is 0. The lowest BCUT2D eigenvalue weighted by Crippen LogP contribution is -2.76. The standard InChI is InChI=1S/C10H13N3O3S/c1-2-16-8-5-3-7(4-6-8)9-10(11)13-17(14,15)12-9/h3-6,9,12H,2H2,1H3,(H2,11,13)/p+1/t9-/m1/s1. The average Bonchev–Trinajstić information content (AvgIpc) is 2.54. The summed E-state index contributed by atoms with van der Waals surface area (Å²) in [6, 6.07) is 6.57. The molecule has 1 aromatic carbocycles. The van der Waals surface area contributed by atoms with Crippen molar-refractivity contribution in [2.75, 3.05) is 6.61 Å². The summed E-state index contributed by atoms with van der Waals surface area (Å²) in [6.45, 7) is 2.49. The molecule has 0 amide bonds. The Morgan fingerprint density at radius 1 is 1.41 bits per heavy atom. The van der Waals surface area contributed by atoms with Crippen molar-refractivity contribution in [3.05, 3.63) is 29.8 Å². The smallest absolute Gasteiger partial charge is 0.371 e. The van der Waals surface area contributed by atoms with Gasteiger partial charge in [-0.3, -0.25) is 5.73 Å². The van der Waals surface area contributed by atoms with E-state index < -0.39 is 16.3 Å². The topological polar surface area (TPSA) is 95.4 Å². The minimum absolute atomic E-state index is 0.175. The van der Waals surface area contributed by atoms with E-state index in [0.29, 0.717) is 6.61 Å². The van der Waals surface area contributed by atoms with E-state index in [0.717, 1.165) is 11.3 Å². The molecule has 0 bridgehead atoms. The van der Waals surface area contributed by atoms with E-state index in [1.54, 1.807) is 24.3 Å². The number of hydrogen-bond donors (Lipinski definition) is 3. The van der Waals surface area contributed by atoms with E-state index in [9.17, 15) is 8.42 Å². The van der Waals surface area contributed by atoms with Gasteiger partial charge in [-0.15, -0.1) is 0 Å². The van der Waals surface area contributed by atoms with Crippen LogP contribution in [0, 0.1) is 0 Å². The zero-order chi connectivity index (χ0) is 12.5. The number of hydrogen-bond acceptors (Lipinski definition) is 4. The van der Waals surface area contributed by atoms with Crippen molar-refractivity contribution < 1.29 is 17.6 Å². The molecule has 6 nitrogen and oxygen atoms in total. The predicted molar refractivity (Wildman–Crippen MR) is 62.6 cm³/mol. The van der Waals surface area contributed by atoms with Crippen molar-refractivity contribution in [2.45, 2.75) is 13.0 Å². The van der Waals surface area contributed by atoms with E-state index in [-0.39, 0.29) is 5.84 Å². The van der Waals surface area contributed by atoms with Gasteiger partial charge in [0.05, 0.1) is 6.61 Å². The summed E-state index contributed by atoms with van der Waals surface area (Å²) in [6.07, 6.45) is 0. The zero-order valence-corrected chi connectivity index (χ0v) is 10.1. The Hall–Kier alpha value is -1.60. The van der Waals surface area contributed by atoms with Crippen LogP contribution in [-0.2, 0) is 10.2 Å². The first-order valence-corrected chi connectivity index (χ1v) is 6.65. The number of nitrogens with two attached hydrogens (primary N) is 1. The van der Waals surface area contributed by atoms with Crippen LogP contribution < -0.4 is 19.6 Å². The van der Waals surface area contributed by atoms with Gasteiger partial charge < -0.3 is 4.74 Å². The van der Waals surface area contributed by atoms with Crippen LogP contribution in [0.4, 0.5) is 0 Å². The molecule has 1 aliphatic rings. The van der Waals surface area contributed by atoms with Crippen LogP contribution in [0.1, 0.15) is 18.5 Å². The van der Waals surface area contributed by atoms with Gasteiger partial charge in [0.1, 0.15) is 5.75 Å². The van der Waals surface area contributed by atoms with Crippen LogP contribution in [0.5, 0.6) is 5.75 Å². The molecule has 1 atom stereocenters. The molecule has 7 heteroatoms. The van der Waals surface area contributed by atoms with Crippen LogP contribution in [-0.4, -0.2) is 20.9 Å².